The number of ether oxygens (including phenoxy) is 2. The maximum absolute atomic E-state index is 12.9. The summed E-state index contributed by atoms with van der Waals surface area (Å²) >= 11 is 5.85. The molecule has 2 aromatic rings. The summed E-state index contributed by atoms with van der Waals surface area (Å²) in [6, 6.07) is 6.55. The molecule has 0 spiro atoms. The number of fused-ring (bicyclic) bond motifs is 1. The Morgan fingerprint density at radius 1 is 1.20 bits per heavy atom. The van der Waals surface area contributed by atoms with Gasteiger partial charge in [0.05, 0.1) is 22.7 Å². The Morgan fingerprint density at radius 3 is 2.50 bits per heavy atom. The van der Waals surface area contributed by atoms with Crippen LogP contribution in [0.2, 0.25) is 5.02 Å². The molecule has 1 aliphatic heterocycles. The number of rotatable bonds is 6. The summed E-state index contributed by atoms with van der Waals surface area (Å²) in [5.41, 5.74) is 0.957. The Kier molecular flexibility index (Phi) is 6.21. The number of hydrogen-bond donors (Lipinski definition) is 2. The highest BCUT2D eigenvalue weighted by molar-refractivity contribution is 7.93. The second-order valence-electron chi connectivity index (χ2n) is 7.00. The van der Waals surface area contributed by atoms with Crippen molar-refractivity contribution in [2.75, 3.05) is 32.5 Å². The molecule has 2 aromatic carbocycles. The summed E-state index contributed by atoms with van der Waals surface area (Å²) in [5.74, 6) is 0.958. The van der Waals surface area contributed by atoms with Crippen LogP contribution in [0.4, 0.5) is 5.69 Å². The molecule has 1 aliphatic rings. The monoisotopic (exact) mass is 475 g/mol. The fourth-order valence-corrected chi connectivity index (χ4v) is 5.35. The molecule has 0 bridgehead atoms. The van der Waals surface area contributed by atoms with Gasteiger partial charge >= 0.3 is 0 Å². The van der Waals surface area contributed by atoms with E-state index in [0.717, 1.165) is 17.7 Å². The maximum atomic E-state index is 12.9. The number of sulfonamides is 2. The molecule has 0 amide bonds. The van der Waals surface area contributed by atoms with Crippen LogP contribution < -0.4 is 19.3 Å². The van der Waals surface area contributed by atoms with Gasteiger partial charge in [0.2, 0.25) is 10.0 Å². The van der Waals surface area contributed by atoms with Gasteiger partial charge in [-0.1, -0.05) is 11.6 Å². The molecular formula is C18H22ClN3O6S2. The molecule has 3 N–H and O–H groups in total. The van der Waals surface area contributed by atoms with Gasteiger partial charge in [-0.15, -0.1) is 0 Å². The molecular weight excluding hydrogens is 454 g/mol. The maximum Gasteiger partial charge on any atom is 0.262 e. The van der Waals surface area contributed by atoms with Gasteiger partial charge in [-0.2, -0.15) is 0 Å². The number of nitrogens with two attached hydrogens (primary N) is 1. The molecule has 0 aromatic heterocycles. The van der Waals surface area contributed by atoms with E-state index in [0.29, 0.717) is 24.5 Å². The van der Waals surface area contributed by atoms with Crippen molar-refractivity contribution in [1.29, 1.82) is 0 Å². The summed E-state index contributed by atoms with van der Waals surface area (Å²) in [6.07, 6.45) is 0.609. The molecule has 0 saturated heterocycles. The molecule has 3 rings (SSSR count). The number of nitrogens with one attached hydrogen (secondary N) is 1. The lowest BCUT2D eigenvalue weighted by molar-refractivity contribution is 0.164. The number of benzene rings is 2. The molecule has 164 valence electrons. The topological polar surface area (TPSA) is 128 Å². The highest BCUT2D eigenvalue weighted by Crippen LogP contribution is 2.40. The minimum Gasteiger partial charge on any atom is -0.496 e. The van der Waals surface area contributed by atoms with Gasteiger partial charge in [-0.05, 0) is 50.8 Å². The highest BCUT2D eigenvalue weighted by atomic mass is 35.5. The van der Waals surface area contributed by atoms with Gasteiger partial charge in [0.25, 0.3) is 10.0 Å². The Morgan fingerprint density at radius 2 is 1.90 bits per heavy atom. The fraction of sp³-hybridized carbons (Fsp3) is 0.333. The van der Waals surface area contributed by atoms with E-state index in [1.807, 2.05) is 19.0 Å². The summed E-state index contributed by atoms with van der Waals surface area (Å²) in [5, 5.41) is 4.95. The first kappa shape index (κ1) is 22.6. The lowest BCUT2D eigenvalue weighted by Gasteiger charge is -2.32. The smallest absolute Gasteiger partial charge is 0.262 e. The van der Waals surface area contributed by atoms with Crippen molar-refractivity contribution in [1.82, 2.24) is 4.90 Å². The number of anilines is 1. The van der Waals surface area contributed by atoms with Crippen molar-refractivity contribution >= 4 is 37.3 Å². The zero-order valence-electron chi connectivity index (χ0n) is 16.5. The first-order chi connectivity index (χ1) is 13.9. The van der Waals surface area contributed by atoms with Crippen molar-refractivity contribution in [2.45, 2.75) is 22.3 Å². The van der Waals surface area contributed by atoms with Gasteiger partial charge in [0, 0.05) is 11.6 Å². The molecule has 0 fully saturated rings. The predicted molar refractivity (Wildman–Crippen MR) is 113 cm³/mol. The number of primary sulfonamides is 1. The van der Waals surface area contributed by atoms with Crippen LogP contribution in [0.1, 0.15) is 5.56 Å². The van der Waals surface area contributed by atoms with E-state index in [1.165, 1.54) is 19.2 Å². The Hall–Kier alpha value is -2.05. The van der Waals surface area contributed by atoms with E-state index < -0.39 is 24.9 Å². The fourth-order valence-electron chi connectivity index (χ4n) is 3.12. The minimum absolute atomic E-state index is 0.104. The second-order valence-corrected chi connectivity index (χ2v) is 10.6. The van der Waals surface area contributed by atoms with Gasteiger partial charge in [-0.3, -0.25) is 4.72 Å². The normalized spacial score (nSPS) is 16.7. The number of methoxy groups -OCH3 is 1. The van der Waals surface area contributed by atoms with E-state index >= 15 is 0 Å². The van der Waals surface area contributed by atoms with Crippen LogP contribution in [0, 0.1) is 0 Å². The van der Waals surface area contributed by atoms with Gasteiger partial charge in [0.15, 0.2) is 0 Å². The van der Waals surface area contributed by atoms with Crippen LogP contribution in [0.3, 0.4) is 0 Å². The van der Waals surface area contributed by atoms with Crippen LogP contribution in [0.15, 0.2) is 40.1 Å². The van der Waals surface area contributed by atoms with Crippen LogP contribution >= 0.6 is 11.6 Å². The number of hydrogen-bond acceptors (Lipinski definition) is 7. The molecule has 1 atom stereocenters. The van der Waals surface area contributed by atoms with Crippen molar-refractivity contribution in [3.8, 4) is 11.5 Å². The predicted octanol–water partition coefficient (Wildman–Crippen LogP) is 1.66. The highest BCUT2D eigenvalue weighted by Gasteiger charge is 2.29. The van der Waals surface area contributed by atoms with Crippen molar-refractivity contribution in [3.63, 3.8) is 0 Å². The quantitative estimate of drug-likeness (QED) is 0.650. The van der Waals surface area contributed by atoms with Crippen molar-refractivity contribution in [3.05, 3.63) is 40.9 Å². The van der Waals surface area contributed by atoms with Crippen LogP contribution in [-0.4, -0.2) is 55.6 Å². The second kappa shape index (κ2) is 8.23. The molecule has 0 saturated carbocycles. The van der Waals surface area contributed by atoms with Crippen molar-refractivity contribution < 1.29 is 26.3 Å². The van der Waals surface area contributed by atoms with E-state index in [1.54, 1.807) is 6.07 Å². The third kappa shape index (κ3) is 4.49. The largest absolute Gasteiger partial charge is 0.496 e. The summed E-state index contributed by atoms with van der Waals surface area (Å²) in [6.45, 7) is 0.373. The van der Waals surface area contributed by atoms with E-state index in [9.17, 15) is 16.8 Å². The number of halogens is 1. The first-order valence-corrected chi connectivity index (χ1v) is 12.2. The Balaban J connectivity index is 2.02. The molecule has 0 radical (unpaired) electrons. The average molecular weight is 476 g/mol. The van der Waals surface area contributed by atoms with Gasteiger partial charge in [-0.25, -0.2) is 22.0 Å². The third-order valence-electron chi connectivity index (χ3n) is 4.79. The molecule has 9 nitrogen and oxygen atoms in total. The Labute approximate surface area is 180 Å². The van der Waals surface area contributed by atoms with Gasteiger partial charge < -0.3 is 14.4 Å². The first-order valence-electron chi connectivity index (χ1n) is 8.78. The molecule has 1 heterocycles. The van der Waals surface area contributed by atoms with E-state index in [2.05, 4.69) is 4.72 Å². The average Bonchev–Trinajstić information content (AvgIpc) is 2.66. The molecule has 30 heavy (non-hydrogen) atoms. The standard InChI is InChI=1S/C18H22ClN3O6S2/c1-22(2)11-8-13-16(27-3)7-6-15(18(13)28-10-11)21-30(25,26)12-4-5-14(19)17(9-12)29(20,23)24/h4-7,9,11,21H,8,10H2,1-3H3,(H2,20,23,24)/t11-/m1/s1. The SMILES string of the molecule is COc1ccc(NS(=O)(=O)c2ccc(Cl)c(S(N)(=O)=O)c2)c2c1C[C@@H](N(C)C)CO2. The van der Waals surface area contributed by atoms with Crippen molar-refractivity contribution in [2.24, 2.45) is 5.14 Å². The molecule has 12 heteroatoms. The third-order valence-corrected chi connectivity index (χ3v) is 7.55. The summed E-state index contributed by atoms with van der Waals surface area (Å²) in [4.78, 5) is 1.23. The number of likely N-dealkylation sites (N-methyl/N-ethyl adjacent to an activating group) is 1. The van der Waals surface area contributed by atoms with E-state index in [4.69, 9.17) is 26.2 Å². The summed E-state index contributed by atoms with van der Waals surface area (Å²) in [7, 11) is -2.96. The summed E-state index contributed by atoms with van der Waals surface area (Å²) < 4.78 is 62.9. The van der Waals surface area contributed by atoms with Gasteiger partial charge in [0.1, 0.15) is 23.0 Å². The number of nitrogens with zero attached hydrogens (tertiary/aromatic N) is 1. The lowest BCUT2D eigenvalue weighted by atomic mass is 10.00. The van der Waals surface area contributed by atoms with Crippen LogP contribution in [0.5, 0.6) is 11.5 Å². The van der Waals surface area contributed by atoms with Crippen LogP contribution in [0.25, 0.3) is 0 Å². The minimum atomic E-state index is -4.20. The zero-order valence-corrected chi connectivity index (χ0v) is 18.9. The molecule has 0 unspecified atom stereocenters. The Bertz CT molecular complexity index is 1180. The lowest BCUT2D eigenvalue weighted by Crippen LogP contribution is -2.38. The zero-order chi connectivity index (χ0) is 22.3. The van der Waals surface area contributed by atoms with E-state index in [-0.39, 0.29) is 21.6 Å². The molecule has 0 aliphatic carbocycles. The van der Waals surface area contributed by atoms with Crippen LogP contribution in [-0.2, 0) is 26.5 Å².